The maximum absolute atomic E-state index is 8.41. The van der Waals surface area contributed by atoms with Gasteiger partial charge in [-0.1, -0.05) is 32.3 Å². The second kappa shape index (κ2) is 10.9. The third-order valence-corrected chi connectivity index (χ3v) is 5.03. The fourth-order valence-electron chi connectivity index (χ4n) is 3.52. The predicted octanol–water partition coefficient (Wildman–Crippen LogP) is 2.44. The normalized spacial score (nSPS) is 20.2. The lowest BCUT2D eigenvalue weighted by Gasteiger charge is -2.37. The number of allylic oxidation sites excluding steroid dienone is 1. The summed E-state index contributed by atoms with van der Waals surface area (Å²) in [5.41, 5.74) is 1.44. The molecule has 0 aromatic rings. The molecule has 24 heavy (non-hydrogen) atoms. The van der Waals surface area contributed by atoms with E-state index in [9.17, 15) is 0 Å². The highest BCUT2D eigenvalue weighted by Crippen LogP contribution is 2.13. The van der Waals surface area contributed by atoms with Gasteiger partial charge in [0.05, 0.1) is 13.2 Å². The lowest BCUT2D eigenvalue weighted by molar-refractivity contribution is 0.0315. The van der Waals surface area contributed by atoms with Crippen molar-refractivity contribution in [2.75, 3.05) is 65.6 Å². The molecule has 0 radical (unpaired) electrons. The van der Waals surface area contributed by atoms with E-state index < -0.39 is 0 Å². The molecule has 2 aliphatic heterocycles. The molecule has 5 heteroatoms. The van der Waals surface area contributed by atoms with Crippen molar-refractivity contribution >= 4 is 5.84 Å². The van der Waals surface area contributed by atoms with E-state index in [-0.39, 0.29) is 0 Å². The molecular formula is C19H36N4O. The topological polar surface area (TPSA) is 42.8 Å². The molecule has 138 valence electrons. The zero-order valence-corrected chi connectivity index (χ0v) is 15.7. The third kappa shape index (κ3) is 6.54. The third-order valence-electron chi connectivity index (χ3n) is 5.03. The first-order valence-electron chi connectivity index (χ1n) is 9.78. The van der Waals surface area contributed by atoms with Crippen LogP contribution in [0.3, 0.4) is 0 Å². The van der Waals surface area contributed by atoms with Crippen molar-refractivity contribution in [3.8, 4) is 0 Å². The summed E-state index contributed by atoms with van der Waals surface area (Å²) in [4.78, 5) is 7.29. The van der Waals surface area contributed by atoms with Crippen molar-refractivity contribution in [2.45, 2.75) is 39.5 Å². The van der Waals surface area contributed by atoms with Gasteiger partial charge >= 0.3 is 0 Å². The molecule has 2 rings (SSSR count). The molecule has 0 spiro atoms. The molecule has 0 amide bonds. The molecule has 2 fully saturated rings. The smallest absolute Gasteiger partial charge is 0.120 e. The highest BCUT2D eigenvalue weighted by molar-refractivity contribution is 5.91. The summed E-state index contributed by atoms with van der Waals surface area (Å²) in [7, 11) is 0. The zero-order chi connectivity index (χ0) is 17.2. The first-order chi connectivity index (χ1) is 11.7. The van der Waals surface area contributed by atoms with Crippen LogP contribution < -0.4 is 0 Å². The maximum atomic E-state index is 8.41. The van der Waals surface area contributed by atoms with Crippen LogP contribution in [0.1, 0.15) is 39.5 Å². The summed E-state index contributed by atoms with van der Waals surface area (Å²) in [5.74, 6) is 0.722. The van der Waals surface area contributed by atoms with Gasteiger partial charge in [0.2, 0.25) is 0 Å². The number of hydrogen-bond donors (Lipinski definition) is 1. The minimum Gasteiger partial charge on any atom is -0.379 e. The Bertz CT molecular complexity index is 388. The standard InChI is InChI=1S/C19H36N4O/c1-3-5-18(6-4-2)17-19(20)23-11-9-21(10-12-23)7-8-22-13-15-24-16-14-22/h17,20H,3-16H2,1-2H3. The Morgan fingerprint density at radius 1 is 0.875 bits per heavy atom. The summed E-state index contributed by atoms with van der Waals surface area (Å²) in [6, 6.07) is 0. The number of morpholine rings is 1. The molecule has 1 N–H and O–H groups in total. The summed E-state index contributed by atoms with van der Waals surface area (Å²) in [6.07, 6.45) is 6.75. The minimum absolute atomic E-state index is 0.722. The van der Waals surface area contributed by atoms with Crippen LogP contribution in [0.2, 0.25) is 0 Å². The molecule has 0 atom stereocenters. The monoisotopic (exact) mass is 336 g/mol. The lowest BCUT2D eigenvalue weighted by atomic mass is 10.0. The van der Waals surface area contributed by atoms with Crippen LogP contribution in [-0.4, -0.2) is 86.1 Å². The van der Waals surface area contributed by atoms with Gasteiger partial charge in [0, 0.05) is 52.4 Å². The Kier molecular flexibility index (Phi) is 8.78. The van der Waals surface area contributed by atoms with E-state index in [4.69, 9.17) is 10.1 Å². The Labute approximate surface area is 148 Å². The predicted molar refractivity (Wildman–Crippen MR) is 101 cm³/mol. The highest BCUT2D eigenvalue weighted by Gasteiger charge is 2.19. The quantitative estimate of drug-likeness (QED) is 0.546. The minimum atomic E-state index is 0.722. The molecular weight excluding hydrogens is 300 g/mol. The van der Waals surface area contributed by atoms with Crippen LogP contribution in [0, 0.1) is 5.41 Å². The van der Waals surface area contributed by atoms with E-state index in [1.807, 2.05) is 0 Å². The van der Waals surface area contributed by atoms with Gasteiger partial charge in [-0.2, -0.15) is 0 Å². The molecule has 0 aromatic carbocycles. The summed E-state index contributed by atoms with van der Waals surface area (Å²) >= 11 is 0. The van der Waals surface area contributed by atoms with Gasteiger partial charge in [0.15, 0.2) is 0 Å². The van der Waals surface area contributed by atoms with Crippen LogP contribution in [0.4, 0.5) is 0 Å². The first-order valence-corrected chi connectivity index (χ1v) is 9.78. The second-order valence-electron chi connectivity index (χ2n) is 6.97. The summed E-state index contributed by atoms with van der Waals surface area (Å²) in [6.45, 7) is 14.8. The van der Waals surface area contributed by atoms with Gasteiger partial charge < -0.3 is 9.64 Å². The molecule has 2 saturated heterocycles. The van der Waals surface area contributed by atoms with Gasteiger partial charge in [-0.05, 0) is 18.9 Å². The average molecular weight is 337 g/mol. The number of nitrogens with zero attached hydrogens (tertiary/aromatic N) is 3. The fraction of sp³-hybridized carbons (Fsp3) is 0.842. The Hall–Kier alpha value is -0.910. The second-order valence-corrected chi connectivity index (χ2v) is 6.97. The molecule has 2 aliphatic rings. The lowest BCUT2D eigenvalue weighted by Crippen LogP contribution is -2.50. The van der Waals surface area contributed by atoms with Gasteiger partial charge in [0.25, 0.3) is 0 Å². The average Bonchev–Trinajstić information content (AvgIpc) is 2.62. The van der Waals surface area contributed by atoms with Crippen molar-refractivity contribution in [2.24, 2.45) is 0 Å². The van der Waals surface area contributed by atoms with Gasteiger partial charge in [-0.25, -0.2) is 0 Å². The van der Waals surface area contributed by atoms with Gasteiger partial charge in [0.1, 0.15) is 5.84 Å². The first kappa shape index (κ1) is 19.4. The van der Waals surface area contributed by atoms with Crippen LogP contribution >= 0.6 is 0 Å². The van der Waals surface area contributed by atoms with E-state index in [1.54, 1.807) is 0 Å². The van der Waals surface area contributed by atoms with Crippen molar-refractivity contribution in [1.82, 2.24) is 14.7 Å². The Morgan fingerprint density at radius 3 is 1.96 bits per heavy atom. The number of hydrogen-bond acceptors (Lipinski definition) is 4. The molecule has 0 bridgehead atoms. The van der Waals surface area contributed by atoms with Gasteiger partial charge in [-0.15, -0.1) is 0 Å². The van der Waals surface area contributed by atoms with Gasteiger partial charge in [-0.3, -0.25) is 15.2 Å². The molecule has 5 nitrogen and oxygen atoms in total. The molecule has 0 unspecified atom stereocenters. The SMILES string of the molecule is CCCC(=CC(=N)N1CCN(CCN2CCOCC2)CC1)CCC. The summed E-state index contributed by atoms with van der Waals surface area (Å²) in [5, 5.41) is 8.41. The van der Waals surface area contributed by atoms with Crippen molar-refractivity contribution in [1.29, 1.82) is 5.41 Å². The number of ether oxygens (including phenoxy) is 1. The van der Waals surface area contributed by atoms with Crippen LogP contribution in [0.5, 0.6) is 0 Å². The van der Waals surface area contributed by atoms with E-state index in [2.05, 4.69) is 34.6 Å². The number of nitrogens with one attached hydrogen (secondary N) is 1. The summed E-state index contributed by atoms with van der Waals surface area (Å²) < 4.78 is 5.41. The Morgan fingerprint density at radius 2 is 1.42 bits per heavy atom. The van der Waals surface area contributed by atoms with Crippen LogP contribution in [-0.2, 0) is 4.74 Å². The number of piperazine rings is 1. The van der Waals surface area contributed by atoms with E-state index >= 15 is 0 Å². The van der Waals surface area contributed by atoms with Crippen molar-refractivity contribution in [3.05, 3.63) is 11.6 Å². The number of amidine groups is 1. The van der Waals surface area contributed by atoms with E-state index in [1.165, 1.54) is 18.4 Å². The fourth-order valence-corrected chi connectivity index (χ4v) is 3.52. The van der Waals surface area contributed by atoms with Crippen molar-refractivity contribution < 1.29 is 4.74 Å². The van der Waals surface area contributed by atoms with Crippen LogP contribution in [0.25, 0.3) is 0 Å². The van der Waals surface area contributed by atoms with E-state index in [0.717, 1.165) is 84.2 Å². The molecule has 0 aliphatic carbocycles. The Balaban J connectivity index is 1.70. The van der Waals surface area contributed by atoms with Crippen LogP contribution in [0.15, 0.2) is 11.6 Å². The number of rotatable bonds is 8. The molecule has 0 aromatic heterocycles. The highest BCUT2D eigenvalue weighted by atomic mass is 16.5. The maximum Gasteiger partial charge on any atom is 0.120 e. The molecule has 2 heterocycles. The van der Waals surface area contributed by atoms with E-state index in [0.29, 0.717) is 0 Å². The zero-order valence-electron chi connectivity index (χ0n) is 15.7. The largest absolute Gasteiger partial charge is 0.379 e. The van der Waals surface area contributed by atoms with Crippen molar-refractivity contribution in [3.63, 3.8) is 0 Å². The molecule has 0 saturated carbocycles.